The Kier molecular flexibility index (Phi) is 3.21. The molecular formula is C12H17FN2O2S. The zero-order chi connectivity index (χ0) is 13.6. The van der Waals surface area contributed by atoms with E-state index < -0.39 is 20.6 Å². The molecule has 1 aliphatic rings. The van der Waals surface area contributed by atoms with Crippen molar-refractivity contribution in [2.75, 3.05) is 12.3 Å². The van der Waals surface area contributed by atoms with E-state index in [4.69, 9.17) is 11.5 Å². The molecule has 0 heterocycles. The Morgan fingerprint density at radius 3 is 2.33 bits per heavy atom. The van der Waals surface area contributed by atoms with E-state index in [1.54, 1.807) is 19.1 Å². The predicted molar refractivity (Wildman–Crippen MR) is 68.4 cm³/mol. The van der Waals surface area contributed by atoms with Gasteiger partial charge in [0.25, 0.3) is 0 Å². The molecule has 4 nitrogen and oxygen atoms in total. The highest BCUT2D eigenvalue weighted by atomic mass is 32.2. The van der Waals surface area contributed by atoms with Crippen molar-refractivity contribution in [1.82, 2.24) is 0 Å². The highest BCUT2D eigenvalue weighted by Crippen LogP contribution is 2.53. The highest BCUT2D eigenvalue weighted by molar-refractivity contribution is 7.92. The number of benzene rings is 1. The van der Waals surface area contributed by atoms with Crippen molar-refractivity contribution in [2.45, 2.75) is 23.6 Å². The Balaban J connectivity index is 2.37. The van der Waals surface area contributed by atoms with Gasteiger partial charge < -0.3 is 11.5 Å². The third-order valence-electron chi connectivity index (χ3n) is 3.67. The quantitative estimate of drug-likeness (QED) is 0.830. The fourth-order valence-corrected chi connectivity index (χ4v) is 4.56. The van der Waals surface area contributed by atoms with Gasteiger partial charge in [-0.3, -0.25) is 0 Å². The molecule has 18 heavy (non-hydrogen) atoms. The summed E-state index contributed by atoms with van der Waals surface area (Å²) < 4.78 is 36.8. The summed E-state index contributed by atoms with van der Waals surface area (Å²) >= 11 is 0. The molecule has 1 fully saturated rings. The lowest BCUT2D eigenvalue weighted by molar-refractivity contribution is 0.587. The van der Waals surface area contributed by atoms with Crippen LogP contribution in [0.25, 0.3) is 0 Å². The summed E-state index contributed by atoms with van der Waals surface area (Å²) in [6, 6.07) is 5.76. The minimum Gasteiger partial charge on any atom is -0.329 e. The standard InChI is InChI=1S/C12H17FN2O2S/c1-2-18(16,17)11-10(12(11,15)7-14)8-3-5-9(13)6-4-8/h3-6,10-11H,2,7,14-15H2,1H3/t10-,11+,12-/m0/s1. The lowest BCUT2D eigenvalue weighted by Crippen LogP contribution is -2.39. The Morgan fingerprint density at radius 1 is 1.33 bits per heavy atom. The van der Waals surface area contributed by atoms with E-state index in [9.17, 15) is 12.8 Å². The second-order valence-electron chi connectivity index (χ2n) is 4.72. The number of hydrogen-bond donors (Lipinski definition) is 2. The number of sulfone groups is 1. The molecule has 0 unspecified atom stereocenters. The van der Waals surface area contributed by atoms with Crippen molar-refractivity contribution in [3.8, 4) is 0 Å². The maximum absolute atomic E-state index is 12.9. The lowest BCUT2D eigenvalue weighted by Gasteiger charge is -2.07. The fourth-order valence-electron chi connectivity index (χ4n) is 2.54. The third kappa shape index (κ3) is 1.94. The first-order chi connectivity index (χ1) is 8.36. The van der Waals surface area contributed by atoms with Crippen molar-refractivity contribution in [1.29, 1.82) is 0 Å². The van der Waals surface area contributed by atoms with Crippen LogP contribution < -0.4 is 11.5 Å². The van der Waals surface area contributed by atoms with Crippen LogP contribution in [0, 0.1) is 5.82 Å². The van der Waals surface area contributed by atoms with Gasteiger partial charge in [0.05, 0.1) is 10.8 Å². The summed E-state index contributed by atoms with van der Waals surface area (Å²) in [6.07, 6.45) is 0. The van der Waals surface area contributed by atoms with Gasteiger partial charge in [0.15, 0.2) is 9.84 Å². The fraction of sp³-hybridized carbons (Fsp3) is 0.500. The number of nitrogens with two attached hydrogens (primary N) is 2. The first kappa shape index (κ1) is 13.5. The van der Waals surface area contributed by atoms with Crippen LogP contribution in [0.3, 0.4) is 0 Å². The smallest absolute Gasteiger partial charge is 0.155 e. The van der Waals surface area contributed by atoms with Crippen LogP contribution in [0.4, 0.5) is 4.39 Å². The molecule has 0 spiro atoms. The van der Waals surface area contributed by atoms with Crippen molar-refractivity contribution in [3.05, 3.63) is 35.6 Å². The zero-order valence-corrected chi connectivity index (χ0v) is 11.0. The van der Waals surface area contributed by atoms with Crippen LogP contribution in [0.1, 0.15) is 18.4 Å². The van der Waals surface area contributed by atoms with Crippen molar-refractivity contribution in [2.24, 2.45) is 11.5 Å². The van der Waals surface area contributed by atoms with Gasteiger partial charge in [-0.1, -0.05) is 19.1 Å². The second-order valence-corrected chi connectivity index (χ2v) is 7.13. The largest absolute Gasteiger partial charge is 0.329 e. The molecule has 1 aliphatic carbocycles. The molecular weight excluding hydrogens is 255 g/mol. The average molecular weight is 272 g/mol. The molecule has 1 saturated carbocycles. The zero-order valence-electron chi connectivity index (χ0n) is 10.1. The van der Waals surface area contributed by atoms with E-state index in [2.05, 4.69) is 0 Å². The van der Waals surface area contributed by atoms with Gasteiger partial charge in [-0.25, -0.2) is 12.8 Å². The van der Waals surface area contributed by atoms with Gasteiger partial charge >= 0.3 is 0 Å². The van der Waals surface area contributed by atoms with Crippen LogP contribution in [-0.4, -0.2) is 31.5 Å². The van der Waals surface area contributed by atoms with Crippen LogP contribution >= 0.6 is 0 Å². The van der Waals surface area contributed by atoms with Gasteiger partial charge in [-0.2, -0.15) is 0 Å². The molecule has 1 aromatic rings. The van der Waals surface area contributed by atoms with Gasteiger partial charge in [0, 0.05) is 18.2 Å². The molecule has 2 rings (SSSR count). The molecule has 3 atom stereocenters. The molecule has 6 heteroatoms. The molecule has 4 N–H and O–H groups in total. The number of halogens is 1. The maximum Gasteiger partial charge on any atom is 0.155 e. The molecule has 0 bridgehead atoms. The number of rotatable bonds is 4. The van der Waals surface area contributed by atoms with Crippen LogP contribution in [0.15, 0.2) is 24.3 Å². The normalized spacial score (nSPS) is 31.3. The van der Waals surface area contributed by atoms with Gasteiger partial charge in [-0.15, -0.1) is 0 Å². The first-order valence-electron chi connectivity index (χ1n) is 5.83. The topological polar surface area (TPSA) is 86.2 Å². The lowest BCUT2D eigenvalue weighted by atomic mass is 10.1. The van der Waals surface area contributed by atoms with Crippen LogP contribution in [0.5, 0.6) is 0 Å². The summed E-state index contributed by atoms with van der Waals surface area (Å²) in [5, 5.41) is -0.662. The second kappa shape index (κ2) is 4.29. The molecule has 0 radical (unpaired) electrons. The van der Waals surface area contributed by atoms with Crippen molar-refractivity contribution in [3.63, 3.8) is 0 Å². The van der Waals surface area contributed by atoms with Gasteiger partial charge in [0.2, 0.25) is 0 Å². The minimum absolute atomic E-state index is 0.0360. The summed E-state index contributed by atoms with van der Waals surface area (Å²) in [5.74, 6) is -0.661. The SMILES string of the molecule is CCS(=O)(=O)[C@@H]1[C@H](c2ccc(F)cc2)[C@@]1(N)CN. The van der Waals surface area contributed by atoms with Crippen LogP contribution in [0.2, 0.25) is 0 Å². The summed E-state index contributed by atoms with van der Waals surface area (Å²) in [7, 11) is -3.25. The summed E-state index contributed by atoms with van der Waals surface area (Å²) in [5.41, 5.74) is 11.5. The Hall–Kier alpha value is -0.980. The number of hydrogen-bond acceptors (Lipinski definition) is 4. The maximum atomic E-state index is 12.9. The summed E-state index contributed by atoms with van der Waals surface area (Å²) in [4.78, 5) is 0. The Morgan fingerprint density at radius 2 is 1.89 bits per heavy atom. The monoisotopic (exact) mass is 272 g/mol. The molecule has 100 valence electrons. The van der Waals surface area contributed by atoms with Gasteiger partial charge in [0.1, 0.15) is 5.82 Å². The van der Waals surface area contributed by atoms with E-state index in [0.717, 1.165) is 5.56 Å². The minimum atomic E-state index is -3.25. The molecule has 0 aromatic heterocycles. The van der Waals surface area contributed by atoms with Gasteiger partial charge in [-0.05, 0) is 17.7 Å². The van der Waals surface area contributed by atoms with Crippen molar-refractivity contribution >= 4 is 9.84 Å². The van der Waals surface area contributed by atoms with E-state index in [0.29, 0.717) is 0 Å². The average Bonchev–Trinajstić information content (AvgIpc) is 2.98. The highest BCUT2D eigenvalue weighted by Gasteiger charge is 2.67. The Labute approximate surface area is 106 Å². The van der Waals surface area contributed by atoms with E-state index >= 15 is 0 Å². The van der Waals surface area contributed by atoms with E-state index in [-0.39, 0.29) is 24.0 Å². The third-order valence-corrected chi connectivity index (χ3v) is 5.96. The first-order valence-corrected chi connectivity index (χ1v) is 7.54. The molecule has 0 amide bonds. The molecule has 0 saturated heterocycles. The molecule has 1 aromatic carbocycles. The Bertz CT molecular complexity index is 544. The predicted octanol–water partition coefficient (Wildman–Crippen LogP) is 0.382. The van der Waals surface area contributed by atoms with E-state index in [1.165, 1.54) is 12.1 Å². The summed E-state index contributed by atoms with van der Waals surface area (Å²) in [6.45, 7) is 1.69. The van der Waals surface area contributed by atoms with Crippen LogP contribution in [-0.2, 0) is 9.84 Å². The molecule has 0 aliphatic heterocycles. The van der Waals surface area contributed by atoms with E-state index in [1.807, 2.05) is 0 Å². The van der Waals surface area contributed by atoms with Crippen molar-refractivity contribution < 1.29 is 12.8 Å².